The second-order valence-electron chi connectivity index (χ2n) is 4.63. The summed E-state index contributed by atoms with van der Waals surface area (Å²) in [6.07, 6.45) is 1.15. The van der Waals surface area contributed by atoms with E-state index < -0.39 is 0 Å². The summed E-state index contributed by atoms with van der Waals surface area (Å²) in [6.45, 7) is 0.0660. The van der Waals surface area contributed by atoms with Crippen LogP contribution < -0.4 is 9.47 Å². The van der Waals surface area contributed by atoms with Gasteiger partial charge in [-0.3, -0.25) is 4.79 Å². The number of carbonyl (C=O) groups excluding carboxylic acids is 1. The van der Waals surface area contributed by atoms with E-state index in [-0.39, 0.29) is 12.4 Å². The zero-order chi connectivity index (χ0) is 15.1. The van der Waals surface area contributed by atoms with Crippen LogP contribution in [0.3, 0.4) is 0 Å². The Kier molecular flexibility index (Phi) is 5.64. The Bertz CT molecular complexity index is 593. The van der Waals surface area contributed by atoms with Crippen LogP contribution in [0.25, 0.3) is 0 Å². The molecule has 0 radical (unpaired) electrons. The van der Waals surface area contributed by atoms with Crippen molar-refractivity contribution < 1.29 is 14.3 Å². The largest absolute Gasteiger partial charge is 0.497 e. The molecule has 0 aliphatic carbocycles. The first-order valence-corrected chi connectivity index (χ1v) is 7.08. The number of hydrogen-bond donors (Lipinski definition) is 0. The molecule has 2 aromatic rings. The monoisotopic (exact) mass is 304 g/mol. The van der Waals surface area contributed by atoms with Gasteiger partial charge in [0, 0.05) is 11.4 Å². The molecular formula is C17H17ClO3. The zero-order valence-electron chi connectivity index (χ0n) is 11.8. The van der Waals surface area contributed by atoms with Crippen LogP contribution in [0.5, 0.6) is 11.5 Å². The Balaban J connectivity index is 1.76. The molecule has 0 heterocycles. The van der Waals surface area contributed by atoms with Crippen molar-refractivity contribution in [2.45, 2.75) is 12.8 Å². The van der Waals surface area contributed by atoms with Gasteiger partial charge in [0.05, 0.1) is 7.11 Å². The predicted octanol–water partition coefficient (Wildman–Crippen LogP) is 3.93. The average molecular weight is 305 g/mol. The van der Waals surface area contributed by atoms with Crippen LogP contribution in [0, 0.1) is 0 Å². The number of aryl methyl sites for hydroxylation is 1. The van der Waals surface area contributed by atoms with Crippen LogP contribution >= 0.6 is 11.6 Å². The summed E-state index contributed by atoms with van der Waals surface area (Å²) in [7, 11) is 1.63. The molecule has 0 aliphatic heterocycles. The molecular weight excluding hydrogens is 288 g/mol. The number of ketones is 1. The van der Waals surface area contributed by atoms with Crippen molar-refractivity contribution >= 4 is 17.4 Å². The minimum absolute atomic E-state index is 0.0609. The molecule has 0 saturated carbocycles. The normalized spacial score (nSPS) is 10.2. The van der Waals surface area contributed by atoms with Gasteiger partial charge in [-0.1, -0.05) is 29.8 Å². The van der Waals surface area contributed by atoms with Crippen LogP contribution in [-0.4, -0.2) is 19.5 Å². The van der Waals surface area contributed by atoms with E-state index in [0.717, 1.165) is 11.3 Å². The summed E-state index contributed by atoms with van der Waals surface area (Å²) in [5.41, 5.74) is 1.10. The third-order valence-corrected chi connectivity index (χ3v) is 3.28. The van der Waals surface area contributed by atoms with Crippen molar-refractivity contribution in [1.29, 1.82) is 0 Å². The van der Waals surface area contributed by atoms with Crippen LogP contribution in [0.1, 0.15) is 12.0 Å². The molecule has 0 aromatic heterocycles. The number of benzene rings is 2. The molecule has 0 spiro atoms. The SMILES string of the molecule is COc1ccc(CCC(=O)COc2cccc(Cl)c2)cc1. The highest BCUT2D eigenvalue weighted by Gasteiger charge is 2.05. The van der Waals surface area contributed by atoms with Crippen LogP contribution in [0.4, 0.5) is 0 Å². The van der Waals surface area contributed by atoms with Gasteiger partial charge in [-0.25, -0.2) is 0 Å². The fraction of sp³-hybridized carbons (Fsp3) is 0.235. The van der Waals surface area contributed by atoms with Crippen molar-refractivity contribution in [3.63, 3.8) is 0 Å². The smallest absolute Gasteiger partial charge is 0.170 e. The molecule has 0 atom stereocenters. The van der Waals surface area contributed by atoms with Gasteiger partial charge in [0.25, 0.3) is 0 Å². The molecule has 2 rings (SSSR count). The lowest BCUT2D eigenvalue weighted by molar-refractivity contribution is -0.121. The third-order valence-electron chi connectivity index (χ3n) is 3.05. The molecule has 0 bridgehead atoms. The molecule has 0 unspecified atom stereocenters. The quantitative estimate of drug-likeness (QED) is 0.777. The van der Waals surface area contributed by atoms with Gasteiger partial charge in [-0.15, -0.1) is 0 Å². The van der Waals surface area contributed by atoms with Gasteiger partial charge in [0.15, 0.2) is 5.78 Å². The van der Waals surface area contributed by atoms with E-state index >= 15 is 0 Å². The Morgan fingerprint density at radius 2 is 1.86 bits per heavy atom. The molecule has 110 valence electrons. The van der Waals surface area contributed by atoms with Crippen LogP contribution in [0.2, 0.25) is 5.02 Å². The van der Waals surface area contributed by atoms with E-state index in [1.54, 1.807) is 31.4 Å². The van der Waals surface area contributed by atoms with Crippen LogP contribution in [-0.2, 0) is 11.2 Å². The fourth-order valence-electron chi connectivity index (χ4n) is 1.87. The van der Waals surface area contributed by atoms with Crippen molar-refractivity contribution in [2.24, 2.45) is 0 Å². The first kappa shape index (κ1) is 15.4. The van der Waals surface area contributed by atoms with Gasteiger partial charge in [0.1, 0.15) is 18.1 Å². The number of Topliss-reactive ketones (excluding diaryl/α,β-unsaturated/α-hetero) is 1. The lowest BCUT2D eigenvalue weighted by atomic mass is 10.1. The molecule has 0 saturated heterocycles. The number of ether oxygens (including phenoxy) is 2. The van der Waals surface area contributed by atoms with E-state index in [2.05, 4.69) is 0 Å². The molecule has 0 fully saturated rings. The number of rotatable bonds is 7. The van der Waals surface area contributed by atoms with E-state index in [0.29, 0.717) is 23.6 Å². The Labute approximate surface area is 129 Å². The molecule has 0 N–H and O–H groups in total. The Morgan fingerprint density at radius 1 is 1.10 bits per heavy atom. The van der Waals surface area contributed by atoms with Crippen molar-refractivity contribution in [1.82, 2.24) is 0 Å². The highest BCUT2D eigenvalue weighted by atomic mass is 35.5. The first-order chi connectivity index (χ1) is 10.2. The maximum absolute atomic E-state index is 11.8. The number of carbonyl (C=O) groups is 1. The zero-order valence-corrected chi connectivity index (χ0v) is 12.6. The second kappa shape index (κ2) is 7.70. The molecule has 3 nitrogen and oxygen atoms in total. The maximum atomic E-state index is 11.8. The van der Waals surface area contributed by atoms with Gasteiger partial charge in [-0.05, 0) is 42.3 Å². The average Bonchev–Trinajstić information content (AvgIpc) is 2.51. The minimum Gasteiger partial charge on any atom is -0.497 e. The summed E-state index contributed by atoms with van der Waals surface area (Å²) >= 11 is 5.85. The van der Waals surface area contributed by atoms with Gasteiger partial charge in [0.2, 0.25) is 0 Å². The molecule has 2 aromatic carbocycles. The summed E-state index contributed by atoms with van der Waals surface area (Å²) in [4.78, 5) is 11.8. The van der Waals surface area contributed by atoms with E-state index in [4.69, 9.17) is 21.1 Å². The topological polar surface area (TPSA) is 35.5 Å². The maximum Gasteiger partial charge on any atom is 0.170 e. The number of methoxy groups -OCH3 is 1. The lowest BCUT2D eigenvalue weighted by Gasteiger charge is -2.06. The van der Waals surface area contributed by atoms with Gasteiger partial charge < -0.3 is 9.47 Å². The second-order valence-corrected chi connectivity index (χ2v) is 5.07. The fourth-order valence-corrected chi connectivity index (χ4v) is 2.05. The van der Waals surface area contributed by atoms with E-state index in [1.807, 2.05) is 24.3 Å². The first-order valence-electron chi connectivity index (χ1n) is 6.70. The van der Waals surface area contributed by atoms with E-state index in [9.17, 15) is 4.79 Å². The molecule has 0 aliphatic rings. The summed E-state index contributed by atoms with van der Waals surface area (Å²) in [6, 6.07) is 14.7. The number of hydrogen-bond acceptors (Lipinski definition) is 3. The number of halogens is 1. The highest BCUT2D eigenvalue weighted by molar-refractivity contribution is 6.30. The lowest BCUT2D eigenvalue weighted by Crippen LogP contribution is -2.12. The summed E-state index contributed by atoms with van der Waals surface area (Å²) in [5, 5.41) is 0.596. The van der Waals surface area contributed by atoms with E-state index in [1.165, 1.54) is 0 Å². The Hall–Kier alpha value is -2.00. The highest BCUT2D eigenvalue weighted by Crippen LogP contribution is 2.17. The Morgan fingerprint density at radius 3 is 2.52 bits per heavy atom. The molecule has 0 amide bonds. The van der Waals surface area contributed by atoms with Gasteiger partial charge >= 0.3 is 0 Å². The van der Waals surface area contributed by atoms with Crippen LogP contribution in [0.15, 0.2) is 48.5 Å². The van der Waals surface area contributed by atoms with Gasteiger partial charge in [-0.2, -0.15) is 0 Å². The summed E-state index contributed by atoms with van der Waals surface area (Å²) in [5.74, 6) is 1.49. The standard InChI is InChI=1S/C17H17ClO3/c1-20-16-9-6-13(7-10-16)5-8-15(19)12-21-17-4-2-3-14(18)11-17/h2-4,6-7,9-11H,5,8,12H2,1H3. The third kappa shape index (κ3) is 5.12. The predicted molar refractivity (Wildman–Crippen MR) is 83.3 cm³/mol. The van der Waals surface area contributed by atoms with Crippen molar-refractivity contribution in [3.05, 3.63) is 59.1 Å². The molecule has 21 heavy (non-hydrogen) atoms. The van der Waals surface area contributed by atoms with Crippen molar-refractivity contribution in [2.75, 3.05) is 13.7 Å². The summed E-state index contributed by atoms with van der Waals surface area (Å²) < 4.78 is 10.5. The van der Waals surface area contributed by atoms with Crippen molar-refractivity contribution in [3.8, 4) is 11.5 Å². The molecule has 4 heteroatoms. The minimum atomic E-state index is 0.0609.